The van der Waals surface area contributed by atoms with Crippen LogP contribution in [0.15, 0.2) is 21.2 Å². The van der Waals surface area contributed by atoms with Crippen molar-refractivity contribution >= 4 is 0 Å². The molecule has 0 spiro atoms. The summed E-state index contributed by atoms with van der Waals surface area (Å²) >= 11 is 0. The van der Waals surface area contributed by atoms with E-state index in [1.807, 2.05) is 13.8 Å². The number of piperazine rings is 1. The topological polar surface area (TPSA) is 58.5 Å². The van der Waals surface area contributed by atoms with Crippen LogP contribution in [0, 0.1) is 13.8 Å². The van der Waals surface area contributed by atoms with Gasteiger partial charge in [-0.05, 0) is 26.7 Å². The van der Waals surface area contributed by atoms with Crippen molar-refractivity contribution in [2.24, 2.45) is 0 Å². The van der Waals surface area contributed by atoms with E-state index < -0.39 is 0 Å². The van der Waals surface area contributed by atoms with E-state index in [1.54, 1.807) is 12.4 Å². The van der Waals surface area contributed by atoms with Crippen LogP contribution in [0.1, 0.15) is 50.0 Å². The second-order valence-electron chi connectivity index (χ2n) is 6.71. The molecule has 3 heterocycles. The Kier molecular flexibility index (Phi) is 5.36. The molecule has 0 N–H and O–H groups in total. The monoisotopic (exact) mass is 332 g/mol. The highest BCUT2D eigenvalue weighted by molar-refractivity contribution is 4.96. The first-order valence-corrected chi connectivity index (χ1v) is 8.89. The van der Waals surface area contributed by atoms with Gasteiger partial charge in [-0.1, -0.05) is 13.8 Å². The molecule has 1 fully saturated rings. The largest absolute Gasteiger partial charge is 0.445 e. The van der Waals surface area contributed by atoms with Crippen LogP contribution >= 0.6 is 0 Å². The summed E-state index contributed by atoms with van der Waals surface area (Å²) in [5.74, 6) is 3.39. The maximum atomic E-state index is 5.68. The lowest BCUT2D eigenvalue weighted by Crippen LogP contribution is -2.57. The van der Waals surface area contributed by atoms with Gasteiger partial charge in [-0.15, -0.1) is 0 Å². The first kappa shape index (κ1) is 17.2. The van der Waals surface area contributed by atoms with Crippen molar-refractivity contribution in [1.29, 1.82) is 0 Å². The van der Waals surface area contributed by atoms with Gasteiger partial charge >= 0.3 is 0 Å². The van der Waals surface area contributed by atoms with Crippen molar-refractivity contribution in [2.75, 3.05) is 13.1 Å². The maximum absolute atomic E-state index is 5.68. The molecule has 0 saturated carbocycles. The first-order chi connectivity index (χ1) is 11.6. The van der Waals surface area contributed by atoms with Crippen LogP contribution < -0.4 is 0 Å². The highest BCUT2D eigenvalue weighted by Crippen LogP contribution is 2.23. The molecule has 132 valence electrons. The molecule has 2 atom stereocenters. The van der Waals surface area contributed by atoms with Crippen LogP contribution in [0.3, 0.4) is 0 Å². The minimum absolute atomic E-state index is 0.496. The standard InChI is InChI=1S/C18H28N4O2/c1-5-15-9-22(12-18-20-8-14(4)24-18)16(6-2)10-21(15)11-17-19-7-13(3)23-17/h7-8,15-16H,5-6,9-12H2,1-4H3. The lowest BCUT2D eigenvalue weighted by atomic mass is 10.0. The number of hydrogen-bond donors (Lipinski definition) is 0. The maximum Gasteiger partial charge on any atom is 0.208 e. The van der Waals surface area contributed by atoms with E-state index in [0.29, 0.717) is 12.1 Å². The van der Waals surface area contributed by atoms with E-state index in [9.17, 15) is 0 Å². The number of aryl methyl sites for hydroxylation is 2. The minimum Gasteiger partial charge on any atom is -0.445 e. The normalized spacial score (nSPS) is 23.0. The Hall–Kier alpha value is -1.66. The second-order valence-corrected chi connectivity index (χ2v) is 6.71. The van der Waals surface area contributed by atoms with E-state index in [0.717, 1.165) is 62.3 Å². The number of aromatic nitrogens is 2. The Bertz CT molecular complexity index is 595. The summed E-state index contributed by atoms with van der Waals surface area (Å²) in [7, 11) is 0. The van der Waals surface area contributed by atoms with Crippen molar-refractivity contribution in [3.05, 3.63) is 35.7 Å². The van der Waals surface area contributed by atoms with Gasteiger partial charge in [0.15, 0.2) is 0 Å². The quantitative estimate of drug-likeness (QED) is 0.810. The van der Waals surface area contributed by atoms with E-state index in [4.69, 9.17) is 8.83 Å². The molecule has 24 heavy (non-hydrogen) atoms. The molecule has 1 aliphatic heterocycles. The lowest BCUT2D eigenvalue weighted by molar-refractivity contribution is 0.00647. The third-order valence-corrected chi connectivity index (χ3v) is 4.88. The molecule has 0 bridgehead atoms. The van der Waals surface area contributed by atoms with Crippen LogP contribution in [-0.2, 0) is 13.1 Å². The van der Waals surface area contributed by atoms with Gasteiger partial charge in [0.2, 0.25) is 11.8 Å². The molecule has 0 radical (unpaired) electrons. The van der Waals surface area contributed by atoms with Gasteiger partial charge in [0.25, 0.3) is 0 Å². The second kappa shape index (κ2) is 7.49. The summed E-state index contributed by atoms with van der Waals surface area (Å²) in [5.41, 5.74) is 0. The molecule has 6 nitrogen and oxygen atoms in total. The fourth-order valence-corrected chi connectivity index (χ4v) is 3.53. The number of oxazole rings is 2. The average molecular weight is 332 g/mol. The molecular formula is C18H28N4O2. The van der Waals surface area contributed by atoms with E-state index in [1.165, 1.54) is 0 Å². The Morgan fingerprint density at radius 1 is 0.875 bits per heavy atom. The summed E-state index contributed by atoms with van der Waals surface area (Å²) < 4.78 is 11.4. The summed E-state index contributed by atoms with van der Waals surface area (Å²) in [6, 6.07) is 0.993. The lowest BCUT2D eigenvalue weighted by Gasteiger charge is -2.45. The average Bonchev–Trinajstić information content (AvgIpc) is 3.16. The van der Waals surface area contributed by atoms with E-state index in [2.05, 4.69) is 33.6 Å². The fourth-order valence-electron chi connectivity index (χ4n) is 3.53. The van der Waals surface area contributed by atoms with Gasteiger partial charge in [-0.2, -0.15) is 0 Å². The molecule has 1 aliphatic rings. The Morgan fingerprint density at radius 3 is 1.58 bits per heavy atom. The molecule has 2 aromatic rings. The first-order valence-electron chi connectivity index (χ1n) is 8.89. The summed E-state index contributed by atoms with van der Waals surface area (Å²) in [6.45, 7) is 12.0. The van der Waals surface area contributed by atoms with Crippen molar-refractivity contribution in [3.63, 3.8) is 0 Å². The molecule has 0 aromatic carbocycles. The van der Waals surface area contributed by atoms with E-state index >= 15 is 0 Å². The van der Waals surface area contributed by atoms with Gasteiger partial charge < -0.3 is 8.83 Å². The minimum atomic E-state index is 0.496. The zero-order valence-corrected chi connectivity index (χ0v) is 15.2. The summed E-state index contributed by atoms with van der Waals surface area (Å²) in [6.07, 6.45) is 5.82. The van der Waals surface area contributed by atoms with Crippen molar-refractivity contribution in [3.8, 4) is 0 Å². The molecule has 1 saturated heterocycles. The van der Waals surface area contributed by atoms with Crippen LogP contribution in [-0.4, -0.2) is 44.9 Å². The zero-order valence-electron chi connectivity index (χ0n) is 15.2. The zero-order chi connectivity index (χ0) is 17.1. The number of rotatable bonds is 6. The number of nitrogens with zero attached hydrogens (tertiary/aromatic N) is 4. The molecule has 2 unspecified atom stereocenters. The summed E-state index contributed by atoms with van der Waals surface area (Å²) in [4.78, 5) is 13.8. The summed E-state index contributed by atoms with van der Waals surface area (Å²) in [5, 5.41) is 0. The molecular weight excluding hydrogens is 304 g/mol. The third-order valence-electron chi connectivity index (χ3n) is 4.88. The highest BCUT2D eigenvalue weighted by atomic mass is 16.4. The van der Waals surface area contributed by atoms with Crippen LogP contribution in [0.25, 0.3) is 0 Å². The smallest absolute Gasteiger partial charge is 0.208 e. The van der Waals surface area contributed by atoms with Crippen molar-refractivity contribution in [1.82, 2.24) is 19.8 Å². The molecule has 6 heteroatoms. The Morgan fingerprint density at radius 2 is 1.29 bits per heavy atom. The van der Waals surface area contributed by atoms with Crippen LogP contribution in [0.4, 0.5) is 0 Å². The molecule has 3 rings (SSSR count). The van der Waals surface area contributed by atoms with Crippen LogP contribution in [0.2, 0.25) is 0 Å². The molecule has 0 amide bonds. The van der Waals surface area contributed by atoms with Gasteiger partial charge in [0.1, 0.15) is 11.5 Å². The van der Waals surface area contributed by atoms with Crippen molar-refractivity contribution in [2.45, 2.75) is 65.7 Å². The van der Waals surface area contributed by atoms with Gasteiger partial charge in [-0.25, -0.2) is 9.97 Å². The fraction of sp³-hybridized carbons (Fsp3) is 0.667. The van der Waals surface area contributed by atoms with Crippen LogP contribution in [0.5, 0.6) is 0 Å². The Balaban J connectivity index is 1.69. The predicted octanol–water partition coefficient (Wildman–Crippen LogP) is 3.15. The van der Waals surface area contributed by atoms with Crippen molar-refractivity contribution < 1.29 is 8.83 Å². The highest BCUT2D eigenvalue weighted by Gasteiger charge is 2.33. The van der Waals surface area contributed by atoms with E-state index in [-0.39, 0.29) is 0 Å². The van der Waals surface area contributed by atoms with Gasteiger partial charge in [0, 0.05) is 25.2 Å². The molecule has 0 aliphatic carbocycles. The SMILES string of the molecule is CCC1CN(Cc2ncc(C)o2)C(CC)CN1Cc1ncc(C)o1. The van der Waals surface area contributed by atoms with Gasteiger partial charge in [0.05, 0.1) is 25.5 Å². The number of hydrogen-bond acceptors (Lipinski definition) is 6. The third kappa shape index (κ3) is 3.87. The predicted molar refractivity (Wildman–Crippen MR) is 91.5 cm³/mol. The molecule has 2 aromatic heterocycles. The Labute approximate surface area is 143 Å². The van der Waals surface area contributed by atoms with Gasteiger partial charge in [-0.3, -0.25) is 9.80 Å².